The number of hydrogen-bond donors (Lipinski definition) is 2. The maximum Gasteiger partial charge on any atom is 0.256 e. The molecule has 0 bridgehead atoms. The number of anilines is 1. The maximum atomic E-state index is 13.2. The Kier molecular flexibility index (Phi) is 9.03. The molecular formula is C25H29F2N5O3S. The molecule has 0 aliphatic rings. The lowest BCUT2D eigenvalue weighted by atomic mass is 10.00. The number of nitrogens with one attached hydrogen (secondary N) is 2. The second-order valence-electron chi connectivity index (χ2n) is 8.55. The lowest BCUT2D eigenvalue weighted by Gasteiger charge is -2.17. The van der Waals surface area contributed by atoms with Crippen molar-refractivity contribution in [2.75, 3.05) is 17.3 Å². The van der Waals surface area contributed by atoms with Gasteiger partial charge >= 0.3 is 0 Å². The van der Waals surface area contributed by atoms with Crippen LogP contribution < -0.4 is 10.6 Å². The first kappa shape index (κ1) is 27.1. The molecule has 0 aliphatic carbocycles. The van der Waals surface area contributed by atoms with Crippen LogP contribution in [0.5, 0.6) is 0 Å². The van der Waals surface area contributed by atoms with E-state index >= 15 is 0 Å². The van der Waals surface area contributed by atoms with Gasteiger partial charge in [-0.05, 0) is 50.6 Å². The van der Waals surface area contributed by atoms with Crippen LogP contribution in [-0.2, 0) is 30.7 Å². The Bertz CT molecular complexity index is 1290. The van der Waals surface area contributed by atoms with E-state index in [1.54, 1.807) is 57.4 Å². The second kappa shape index (κ2) is 12.0. The molecule has 2 aromatic heterocycles. The van der Waals surface area contributed by atoms with Crippen LogP contribution in [0.4, 0.5) is 14.5 Å². The Morgan fingerprint density at radius 3 is 2.47 bits per heavy atom. The van der Waals surface area contributed by atoms with Crippen molar-refractivity contribution in [3.8, 4) is 0 Å². The number of aryl methyl sites for hydroxylation is 2. The highest BCUT2D eigenvalue weighted by Crippen LogP contribution is 2.20. The standard InChI is InChI=1S/C25H29F2N5O3S/c1-15-6-5-7-21(23(15)25(34)28-16(2)14-36(4)35)24(33)30-22-9-8-18(29-17(22)3)13-32-20(12-27)10-19(11-26)31-32/h5-10,16H,11-14H2,1-4H3,(H,28,34)(H,30,33)/t16-,36?/m0/s1. The third kappa shape index (κ3) is 6.60. The molecule has 0 aliphatic heterocycles. The van der Waals surface area contributed by atoms with Gasteiger partial charge in [0, 0.05) is 28.9 Å². The molecule has 36 heavy (non-hydrogen) atoms. The molecule has 0 spiro atoms. The minimum Gasteiger partial charge on any atom is -0.349 e. The molecule has 2 atom stereocenters. The van der Waals surface area contributed by atoms with Crippen LogP contribution >= 0.6 is 0 Å². The number of nitrogens with zero attached hydrogens (tertiary/aromatic N) is 3. The molecular weight excluding hydrogens is 488 g/mol. The third-order valence-electron chi connectivity index (χ3n) is 5.50. The zero-order chi connectivity index (χ0) is 26.4. The molecule has 0 radical (unpaired) electrons. The number of aromatic nitrogens is 3. The maximum absolute atomic E-state index is 13.2. The van der Waals surface area contributed by atoms with Crippen LogP contribution in [0, 0.1) is 13.8 Å². The molecule has 192 valence electrons. The SMILES string of the molecule is Cc1cccc(C(=O)Nc2ccc(Cn3nc(CF)cc3CF)nc2C)c1C(=O)N[C@@H](C)CS(C)=O. The van der Waals surface area contributed by atoms with Crippen molar-refractivity contribution < 1.29 is 22.6 Å². The molecule has 2 heterocycles. The molecule has 3 aromatic rings. The highest BCUT2D eigenvalue weighted by atomic mass is 32.2. The smallest absolute Gasteiger partial charge is 0.256 e. The van der Waals surface area contributed by atoms with Crippen LogP contribution in [0.25, 0.3) is 0 Å². The topological polar surface area (TPSA) is 106 Å². The summed E-state index contributed by atoms with van der Waals surface area (Å²) < 4.78 is 39.0. The Labute approximate surface area is 211 Å². The number of pyridine rings is 1. The number of carbonyl (C=O) groups excluding carboxylic acids is 2. The van der Waals surface area contributed by atoms with Crippen molar-refractivity contribution in [1.29, 1.82) is 0 Å². The number of alkyl halides is 2. The van der Waals surface area contributed by atoms with Gasteiger partial charge < -0.3 is 10.6 Å². The number of amides is 2. The van der Waals surface area contributed by atoms with Gasteiger partial charge in [0.05, 0.1) is 46.1 Å². The minimum absolute atomic E-state index is 0.150. The predicted molar refractivity (Wildman–Crippen MR) is 135 cm³/mol. The van der Waals surface area contributed by atoms with Gasteiger partial charge in [0.2, 0.25) is 0 Å². The Balaban J connectivity index is 1.79. The number of carbonyl (C=O) groups is 2. The van der Waals surface area contributed by atoms with E-state index in [1.807, 2.05) is 0 Å². The molecule has 1 unspecified atom stereocenters. The molecule has 0 fully saturated rings. The molecule has 1 aromatic carbocycles. The van der Waals surface area contributed by atoms with Crippen molar-refractivity contribution in [1.82, 2.24) is 20.1 Å². The van der Waals surface area contributed by atoms with Crippen molar-refractivity contribution >= 4 is 28.3 Å². The monoisotopic (exact) mass is 517 g/mol. The fourth-order valence-electron chi connectivity index (χ4n) is 3.85. The summed E-state index contributed by atoms with van der Waals surface area (Å²) in [5, 5.41) is 9.64. The number of hydrogen-bond acceptors (Lipinski definition) is 5. The normalized spacial score (nSPS) is 12.7. The van der Waals surface area contributed by atoms with Gasteiger partial charge in [-0.3, -0.25) is 23.5 Å². The zero-order valence-corrected chi connectivity index (χ0v) is 21.4. The van der Waals surface area contributed by atoms with E-state index < -0.39 is 36.0 Å². The van der Waals surface area contributed by atoms with Crippen molar-refractivity contribution in [2.24, 2.45) is 0 Å². The van der Waals surface area contributed by atoms with Gasteiger partial charge in [0.1, 0.15) is 13.3 Å². The molecule has 8 nitrogen and oxygen atoms in total. The summed E-state index contributed by atoms with van der Waals surface area (Å²) in [7, 11) is -1.08. The van der Waals surface area contributed by atoms with Crippen LogP contribution in [0.2, 0.25) is 0 Å². The first-order chi connectivity index (χ1) is 17.1. The van der Waals surface area contributed by atoms with E-state index in [0.717, 1.165) is 0 Å². The van der Waals surface area contributed by atoms with Crippen molar-refractivity contribution in [3.05, 3.63) is 75.9 Å². The van der Waals surface area contributed by atoms with Gasteiger partial charge in [-0.2, -0.15) is 5.10 Å². The third-order valence-corrected chi connectivity index (χ3v) is 6.47. The Morgan fingerprint density at radius 1 is 1.08 bits per heavy atom. The fourth-order valence-corrected chi connectivity index (χ4v) is 4.64. The van der Waals surface area contributed by atoms with E-state index in [0.29, 0.717) is 28.4 Å². The molecule has 2 amide bonds. The lowest BCUT2D eigenvalue weighted by Crippen LogP contribution is -2.37. The summed E-state index contributed by atoms with van der Waals surface area (Å²) in [5.74, 6) is -0.596. The summed E-state index contributed by atoms with van der Waals surface area (Å²) in [6.07, 6.45) is 1.56. The molecule has 0 saturated carbocycles. The average Bonchev–Trinajstić information content (AvgIpc) is 3.21. The van der Waals surface area contributed by atoms with E-state index in [4.69, 9.17) is 0 Å². The van der Waals surface area contributed by atoms with Crippen LogP contribution in [-0.4, -0.2) is 48.8 Å². The van der Waals surface area contributed by atoms with Crippen molar-refractivity contribution in [2.45, 2.75) is 46.7 Å². The predicted octanol–water partition coefficient (Wildman–Crippen LogP) is 3.63. The molecule has 11 heteroatoms. The summed E-state index contributed by atoms with van der Waals surface area (Å²) >= 11 is 0. The first-order valence-electron chi connectivity index (χ1n) is 11.3. The fraction of sp³-hybridized carbons (Fsp3) is 0.360. The average molecular weight is 518 g/mol. The summed E-state index contributed by atoms with van der Waals surface area (Å²) in [5.41, 5.74) is 3.00. The van der Waals surface area contributed by atoms with E-state index in [1.165, 1.54) is 10.7 Å². The highest BCUT2D eigenvalue weighted by molar-refractivity contribution is 7.84. The van der Waals surface area contributed by atoms with Gasteiger partial charge in [-0.1, -0.05) is 12.1 Å². The van der Waals surface area contributed by atoms with E-state index in [-0.39, 0.29) is 35.1 Å². The minimum atomic E-state index is -1.08. The quantitative estimate of drug-likeness (QED) is 0.427. The summed E-state index contributed by atoms with van der Waals surface area (Å²) in [4.78, 5) is 30.5. The second-order valence-corrected chi connectivity index (χ2v) is 10.0. The Hall–Kier alpha value is -3.47. The molecule has 0 saturated heterocycles. The van der Waals surface area contributed by atoms with Crippen LogP contribution in [0.1, 0.15) is 56.0 Å². The van der Waals surface area contributed by atoms with Gasteiger partial charge in [0.25, 0.3) is 11.8 Å². The highest BCUT2D eigenvalue weighted by Gasteiger charge is 2.21. The van der Waals surface area contributed by atoms with Gasteiger partial charge in [-0.15, -0.1) is 0 Å². The van der Waals surface area contributed by atoms with Crippen LogP contribution in [0.3, 0.4) is 0 Å². The zero-order valence-electron chi connectivity index (χ0n) is 20.6. The van der Waals surface area contributed by atoms with E-state index in [9.17, 15) is 22.6 Å². The summed E-state index contributed by atoms with van der Waals surface area (Å²) in [6, 6.07) is 9.38. The lowest BCUT2D eigenvalue weighted by molar-refractivity contribution is 0.0930. The van der Waals surface area contributed by atoms with Gasteiger partial charge in [-0.25, -0.2) is 8.78 Å². The van der Waals surface area contributed by atoms with Crippen LogP contribution in [0.15, 0.2) is 36.4 Å². The first-order valence-corrected chi connectivity index (χ1v) is 13.0. The number of benzene rings is 1. The largest absolute Gasteiger partial charge is 0.349 e. The van der Waals surface area contributed by atoms with Gasteiger partial charge in [0.15, 0.2) is 0 Å². The summed E-state index contributed by atoms with van der Waals surface area (Å²) in [6.45, 7) is 3.80. The number of halogens is 2. The molecule has 3 rings (SSSR count). The molecule has 2 N–H and O–H groups in total. The van der Waals surface area contributed by atoms with Crippen molar-refractivity contribution in [3.63, 3.8) is 0 Å². The van der Waals surface area contributed by atoms with E-state index in [2.05, 4.69) is 20.7 Å². The Morgan fingerprint density at radius 2 is 1.83 bits per heavy atom. The number of rotatable bonds is 10.